The number of nitrogens with two attached hydrogens (primary N) is 1. The van der Waals surface area contributed by atoms with Crippen LogP contribution in [0.1, 0.15) is 5.01 Å². The molecule has 1 aromatic carbocycles. The third kappa shape index (κ3) is 2.61. The summed E-state index contributed by atoms with van der Waals surface area (Å²) in [4.78, 5) is 4.09. The van der Waals surface area contributed by atoms with Crippen LogP contribution in [0.3, 0.4) is 0 Å². The average molecular weight is 241 g/mol. The summed E-state index contributed by atoms with van der Waals surface area (Å²) in [6.45, 7) is 0.394. The molecule has 0 aliphatic heterocycles. The van der Waals surface area contributed by atoms with Crippen LogP contribution in [0.15, 0.2) is 30.5 Å². The predicted molar refractivity (Wildman–Crippen MR) is 62.3 cm³/mol. The number of rotatable bonds is 3. The van der Waals surface area contributed by atoms with Gasteiger partial charge >= 0.3 is 0 Å². The van der Waals surface area contributed by atoms with Crippen LogP contribution in [0.2, 0.25) is 5.02 Å². The second-order valence-corrected chi connectivity index (χ2v) is 4.43. The summed E-state index contributed by atoms with van der Waals surface area (Å²) in [5.74, 6) is 0.660. The van der Waals surface area contributed by atoms with E-state index in [1.807, 2.05) is 18.2 Å². The van der Waals surface area contributed by atoms with Crippen LogP contribution in [0.5, 0.6) is 5.75 Å². The van der Waals surface area contributed by atoms with Crippen molar-refractivity contribution in [2.45, 2.75) is 6.61 Å². The number of thiazole rings is 1. The molecule has 15 heavy (non-hydrogen) atoms. The Balaban J connectivity index is 2.02. The zero-order valence-corrected chi connectivity index (χ0v) is 9.39. The Kier molecular flexibility index (Phi) is 3.08. The molecule has 0 spiro atoms. The lowest BCUT2D eigenvalue weighted by atomic mass is 10.3. The van der Waals surface area contributed by atoms with Gasteiger partial charge in [-0.25, -0.2) is 4.98 Å². The minimum Gasteiger partial charge on any atom is -0.485 e. The van der Waals surface area contributed by atoms with Crippen LogP contribution in [0.25, 0.3) is 0 Å². The van der Waals surface area contributed by atoms with Crippen LogP contribution >= 0.6 is 22.9 Å². The van der Waals surface area contributed by atoms with E-state index in [-0.39, 0.29) is 0 Å². The van der Waals surface area contributed by atoms with Gasteiger partial charge in [0.05, 0.1) is 11.2 Å². The van der Waals surface area contributed by atoms with E-state index in [0.29, 0.717) is 22.4 Å². The normalized spacial score (nSPS) is 10.2. The molecular formula is C10H9ClN2OS. The Hall–Kier alpha value is -1.26. The second kappa shape index (κ2) is 4.51. The molecule has 0 aliphatic rings. The van der Waals surface area contributed by atoms with Gasteiger partial charge in [-0.05, 0) is 12.1 Å². The van der Waals surface area contributed by atoms with Crippen molar-refractivity contribution >= 4 is 27.9 Å². The SMILES string of the molecule is Nc1cnc(COc2ccccc2Cl)s1. The molecule has 2 aromatic rings. The fourth-order valence-corrected chi connectivity index (χ4v) is 1.88. The molecule has 2 rings (SSSR count). The minimum absolute atomic E-state index is 0.394. The summed E-state index contributed by atoms with van der Waals surface area (Å²) in [7, 11) is 0. The molecule has 1 aromatic heterocycles. The number of aromatic nitrogens is 1. The van der Waals surface area contributed by atoms with Crippen molar-refractivity contribution in [2.75, 3.05) is 5.73 Å². The highest BCUT2D eigenvalue weighted by atomic mass is 35.5. The molecule has 0 saturated carbocycles. The Labute approximate surface area is 96.5 Å². The largest absolute Gasteiger partial charge is 0.485 e. The van der Waals surface area contributed by atoms with Crippen LogP contribution in [0, 0.1) is 0 Å². The van der Waals surface area contributed by atoms with Gasteiger partial charge in [-0.1, -0.05) is 35.1 Å². The zero-order chi connectivity index (χ0) is 10.7. The first-order chi connectivity index (χ1) is 7.25. The lowest BCUT2D eigenvalue weighted by Gasteiger charge is -2.04. The summed E-state index contributed by atoms with van der Waals surface area (Å²) in [6.07, 6.45) is 1.62. The van der Waals surface area contributed by atoms with Crippen molar-refractivity contribution in [1.82, 2.24) is 4.98 Å². The number of nitrogens with zero attached hydrogens (tertiary/aromatic N) is 1. The first-order valence-electron chi connectivity index (χ1n) is 4.33. The summed E-state index contributed by atoms with van der Waals surface area (Å²) >= 11 is 7.34. The molecule has 0 radical (unpaired) electrons. The van der Waals surface area contributed by atoms with Gasteiger partial charge in [-0.15, -0.1) is 0 Å². The van der Waals surface area contributed by atoms with Crippen molar-refractivity contribution in [1.29, 1.82) is 0 Å². The van der Waals surface area contributed by atoms with E-state index >= 15 is 0 Å². The van der Waals surface area contributed by atoms with Gasteiger partial charge in [0.15, 0.2) is 0 Å². The third-order valence-corrected chi connectivity index (χ3v) is 2.87. The molecule has 0 atom stereocenters. The van der Waals surface area contributed by atoms with E-state index < -0.39 is 0 Å². The van der Waals surface area contributed by atoms with Gasteiger partial charge in [-0.2, -0.15) is 0 Å². The summed E-state index contributed by atoms with van der Waals surface area (Å²) < 4.78 is 5.50. The maximum Gasteiger partial charge on any atom is 0.140 e. The van der Waals surface area contributed by atoms with Crippen molar-refractivity contribution in [3.8, 4) is 5.75 Å². The van der Waals surface area contributed by atoms with Crippen molar-refractivity contribution < 1.29 is 4.74 Å². The first kappa shape index (κ1) is 10.3. The molecule has 5 heteroatoms. The third-order valence-electron chi connectivity index (χ3n) is 1.76. The molecular weight excluding hydrogens is 232 g/mol. The quantitative estimate of drug-likeness (QED) is 0.897. The molecule has 3 nitrogen and oxygen atoms in total. The standard InChI is InChI=1S/C10H9ClN2OS/c11-7-3-1-2-4-8(7)14-6-10-13-5-9(12)15-10/h1-5H,6,12H2. The zero-order valence-electron chi connectivity index (χ0n) is 7.81. The molecule has 0 saturated heterocycles. The predicted octanol–water partition coefficient (Wildman–Crippen LogP) is 2.96. The van der Waals surface area contributed by atoms with E-state index in [9.17, 15) is 0 Å². The lowest BCUT2D eigenvalue weighted by molar-refractivity contribution is 0.306. The van der Waals surface area contributed by atoms with Gasteiger partial charge in [0.2, 0.25) is 0 Å². The summed E-state index contributed by atoms with van der Waals surface area (Å²) in [6, 6.07) is 7.33. The van der Waals surface area contributed by atoms with Gasteiger partial charge < -0.3 is 10.5 Å². The van der Waals surface area contributed by atoms with E-state index in [1.54, 1.807) is 12.3 Å². The maximum atomic E-state index is 5.93. The fraction of sp³-hybridized carbons (Fsp3) is 0.100. The van der Waals surface area contributed by atoms with Crippen LogP contribution in [-0.2, 0) is 6.61 Å². The number of halogens is 1. The number of para-hydroxylation sites is 1. The first-order valence-corrected chi connectivity index (χ1v) is 5.52. The van der Waals surface area contributed by atoms with Gasteiger partial charge in [0, 0.05) is 0 Å². The van der Waals surface area contributed by atoms with Gasteiger partial charge in [0.25, 0.3) is 0 Å². The highest BCUT2D eigenvalue weighted by molar-refractivity contribution is 7.15. The second-order valence-electron chi connectivity index (χ2n) is 2.88. The Morgan fingerprint density at radius 3 is 2.87 bits per heavy atom. The molecule has 0 unspecified atom stereocenters. The monoisotopic (exact) mass is 240 g/mol. The fourth-order valence-electron chi connectivity index (χ4n) is 1.09. The number of anilines is 1. The van der Waals surface area contributed by atoms with Crippen LogP contribution in [-0.4, -0.2) is 4.98 Å². The highest BCUT2D eigenvalue weighted by Gasteiger charge is 2.03. The van der Waals surface area contributed by atoms with Crippen molar-refractivity contribution in [3.05, 3.63) is 40.5 Å². The maximum absolute atomic E-state index is 5.93. The number of nitrogen functional groups attached to an aromatic ring is 1. The van der Waals surface area contributed by atoms with E-state index in [1.165, 1.54) is 11.3 Å². The highest BCUT2D eigenvalue weighted by Crippen LogP contribution is 2.25. The summed E-state index contributed by atoms with van der Waals surface area (Å²) in [5.41, 5.74) is 5.55. The topological polar surface area (TPSA) is 48.1 Å². The molecule has 1 heterocycles. The number of hydrogen-bond acceptors (Lipinski definition) is 4. The molecule has 0 bridgehead atoms. The summed E-state index contributed by atoms with van der Waals surface area (Å²) in [5, 5.41) is 2.13. The smallest absolute Gasteiger partial charge is 0.140 e. The van der Waals surface area contributed by atoms with Crippen molar-refractivity contribution in [2.24, 2.45) is 0 Å². The molecule has 78 valence electrons. The number of benzene rings is 1. The number of ether oxygens (including phenoxy) is 1. The molecule has 0 amide bonds. The molecule has 0 aliphatic carbocycles. The number of hydrogen-bond donors (Lipinski definition) is 1. The van der Waals surface area contributed by atoms with E-state index in [0.717, 1.165) is 5.01 Å². The minimum atomic E-state index is 0.394. The van der Waals surface area contributed by atoms with Gasteiger partial charge in [0.1, 0.15) is 22.4 Å². The Morgan fingerprint density at radius 1 is 1.40 bits per heavy atom. The average Bonchev–Trinajstić information content (AvgIpc) is 2.63. The molecule has 0 fully saturated rings. The van der Waals surface area contributed by atoms with Gasteiger partial charge in [-0.3, -0.25) is 0 Å². The van der Waals surface area contributed by atoms with Crippen LogP contribution in [0.4, 0.5) is 5.00 Å². The van der Waals surface area contributed by atoms with E-state index in [2.05, 4.69) is 4.98 Å². The Morgan fingerprint density at radius 2 is 2.20 bits per heavy atom. The molecule has 2 N–H and O–H groups in total. The Bertz CT molecular complexity index is 458. The van der Waals surface area contributed by atoms with E-state index in [4.69, 9.17) is 22.1 Å². The lowest BCUT2D eigenvalue weighted by Crippen LogP contribution is -1.94. The van der Waals surface area contributed by atoms with Crippen LogP contribution < -0.4 is 10.5 Å². The van der Waals surface area contributed by atoms with Crippen molar-refractivity contribution in [3.63, 3.8) is 0 Å².